The van der Waals surface area contributed by atoms with E-state index in [1.165, 1.54) is 12.1 Å². The van der Waals surface area contributed by atoms with Gasteiger partial charge in [-0.15, -0.1) is 0 Å². The van der Waals surface area contributed by atoms with Crippen LogP contribution in [-0.4, -0.2) is 32.2 Å². The Morgan fingerprint density at radius 1 is 0.846 bits per heavy atom. The van der Waals surface area contributed by atoms with Crippen molar-refractivity contribution in [3.8, 4) is 28.7 Å². The summed E-state index contributed by atoms with van der Waals surface area (Å²) >= 11 is 0. The molecule has 0 spiro atoms. The van der Waals surface area contributed by atoms with E-state index in [0.717, 1.165) is 12.1 Å². The first-order chi connectivity index (χ1) is 11.9. The van der Waals surface area contributed by atoms with E-state index in [1.54, 1.807) is 27.7 Å². The molecule has 0 aliphatic heterocycles. The lowest BCUT2D eigenvalue weighted by atomic mass is 9.86. The van der Waals surface area contributed by atoms with Crippen LogP contribution in [0.15, 0.2) is 24.3 Å². The molecule has 2 aromatic carbocycles. The Balaban J connectivity index is 2.42. The van der Waals surface area contributed by atoms with Crippen LogP contribution in [0.1, 0.15) is 47.1 Å². The van der Waals surface area contributed by atoms with Crippen LogP contribution in [0.3, 0.4) is 0 Å². The van der Waals surface area contributed by atoms with Crippen LogP contribution in [0.2, 0.25) is 0 Å². The molecule has 0 saturated carbocycles. The van der Waals surface area contributed by atoms with Crippen molar-refractivity contribution >= 4 is 11.8 Å². The fourth-order valence-corrected chi connectivity index (χ4v) is 2.27. The van der Waals surface area contributed by atoms with Crippen molar-refractivity contribution in [2.24, 2.45) is 5.41 Å². The number of carbonyl (C=O) groups is 2. The number of aromatic hydroxyl groups is 4. The van der Waals surface area contributed by atoms with E-state index >= 15 is 0 Å². The first-order valence-corrected chi connectivity index (χ1v) is 7.77. The summed E-state index contributed by atoms with van der Waals surface area (Å²) in [4.78, 5) is 24.7. The van der Waals surface area contributed by atoms with Crippen molar-refractivity contribution in [2.75, 3.05) is 0 Å². The average molecular weight is 360 g/mol. The smallest absolute Gasteiger partial charge is 0.343 e. The van der Waals surface area contributed by atoms with Crippen LogP contribution in [0.25, 0.3) is 0 Å². The van der Waals surface area contributed by atoms with Crippen LogP contribution in [0, 0.1) is 12.3 Å². The van der Waals surface area contributed by atoms with Gasteiger partial charge in [0.2, 0.25) is 0 Å². The molecule has 0 atom stereocenters. The highest BCUT2D eigenvalue weighted by Crippen LogP contribution is 2.37. The van der Waals surface area contributed by atoms with Crippen molar-refractivity contribution in [1.29, 1.82) is 0 Å². The zero-order valence-corrected chi connectivity index (χ0v) is 14.8. The van der Waals surface area contributed by atoms with E-state index < -0.39 is 28.6 Å². The quantitative estimate of drug-likeness (QED) is 0.286. The lowest BCUT2D eigenvalue weighted by Crippen LogP contribution is -2.20. The van der Waals surface area contributed by atoms with E-state index in [0.29, 0.717) is 5.56 Å². The minimum atomic E-state index is -0.995. The van der Waals surface area contributed by atoms with E-state index in [1.807, 2.05) is 0 Å². The molecule has 0 saturated heterocycles. The van der Waals surface area contributed by atoms with Crippen LogP contribution >= 0.6 is 0 Å². The van der Waals surface area contributed by atoms with Crippen LogP contribution in [-0.2, 0) is 0 Å². The number of Topliss-reactive ketones (excluding diaryl/α,β-unsaturated/α-hetero) is 1. The molecule has 0 heterocycles. The van der Waals surface area contributed by atoms with Gasteiger partial charge in [0.05, 0.1) is 5.56 Å². The first kappa shape index (κ1) is 19.1. The third kappa shape index (κ3) is 3.72. The van der Waals surface area contributed by atoms with Crippen LogP contribution in [0.5, 0.6) is 28.7 Å². The third-order valence-electron chi connectivity index (χ3n) is 3.72. The molecule has 7 nitrogen and oxygen atoms in total. The number of hydrogen-bond donors (Lipinski definition) is 4. The van der Waals surface area contributed by atoms with Crippen molar-refractivity contribution in [1.82, 2.24) is 0 Å². The van der Waals surface area contributed by atoms with E-state index in [4.69, 9.17) is 4.74 Å². The summed E-state index contributed by atoms with van der Waals surface area (Å²) in [6.07, 6.45) is 0. The number of ether oxygens (including phenoxy) is 1. The highest BCUT2D eigenvalue weighted by atomic mass is 16.5. The fourth-order valence-electron chi connectivity index (χ4n) is 2.27. The lowest BCUT2D eigenvalue weighted by molar-refractivity contribution is 0.0726. The highest BCUT2D eigenvalue weighted by molar-refractivity contribution is 6.01. The number of esters is 1. The lowest BCUT2D eigenvalue weighted by Gasteiger charge is -2.18. The second kappa shape index (κ2) is 6.59. The molecule has 0 amide bonds. The SMILES string of the molecule is Cc1cc(C(=O)C(C)(C)C)cc(OC(=O)c2cc(O)c(O)c(O)c2)c1O. The van der Waals surface area contributed by atoms with Gasteiger partial charge in [0.1, 0.15) is 0 Å². The summed E-state index contributed by atoms with van der Waals surface area (Å²) in [7, 11) is 0. The maximum atomic E-state index is 12.4. The van der Waals surface area contributed by atoms with Gasteiger partial charge >= 0.3 is 5.97 Å². The molecule has 26 heavy (non-hydrogen) atoms. The Labute approximate surface area is 150 Å². The minimum Gasteiger partial charge on any atom is -0.504 e. The molecule has 7 heteroatoms. The molecule has 0 unspecified atom stereocenters. The molecule has 0 radical (unpaired) electrons. The molecule has 138 valence electrons. The number of carbonyl (C=O) groups excluding carboxylic acids is 2. The number of ketones is 1. The molecule has 2 rings (SSSR count). The summed E-state index contributed by atoms with van der Waals surface area (Å²) in [6.45, 7) is 6.78. The Hall–Kier alpha value is -3.22. The van der Waals surface area contributed by atoms with Gasteiger partial charge in [-0.05, 0) is 36.8 Å². The maximum Gasteiger partial charge on any atom is 0.343 e. The van der Waals surface area contributed by atoms with Gasteiger partial charge in [-0.3, -0.25) is 4.79 Å². The van der Waals surface area contributed by atoms with Gasteiger partial charge in [0.15, 0.2) is 34.5 Å². The van der Waals surface area contributed by atoms with Gasteiger partial charge in [-0.1, -0.05) is 20.8 Å². The number of phenolic OH excluding ortho intramolecular Hbond substituents is 4. The topological polar surface area (TPSA) is 124 Å². The van der Waals surface area contributed by atoms with Gasteiger partial charge in [0, 0.05) is 11.0 Å². The summed E-state index contributed by atoms with van der Waals surface area (Å²) in [5.74, 6) is -3.89. The van der Waals surface area contributed by atoms with E-state index in [9.17, 15) is 30.0 Å². The molecule has 0 aliphatic rings. The average Bonchev–Trinajstić information content (AvgIpc) is 2.54. The standard InChI is InChI=1S/C19H20O7/c1-9-5-10(17(24)19(2,3)4)8-14(15(9)22)26-18(25)11-6-12(20)16(23)13(21)7-11/h5-8,20-23H,1-4H3. The molecular formula is C19H20O7. The fraction of sp³-hybridized carbons (Fsp3) is 0.263. The maximum absolute atomic E-state index is 12.4. The molecule has 2 aromatic rings. The zero-order chi connectivity index (χ0) is 19.8. The Morgan fingerprint density at radius 3 is 1.88 bits per heavy atom. The molecule has 0 aliphatic carbocycles. The highest BCUT2D eigenvalue weighted by Gasteiger charge is 2.25. The number of phenols is 4. The summed E-state index contributed by atoms with van der Waals surface area (Å²) in [6, 6.07) is 4.57. The second-order valence-corrected chi connectivity index (χ2v) is 6.97. The molecule has 4 N–H and O–H groups in total. The van der Waals surface area contributed by atoms with Crippen molar-refractivity contribution in [3.05, 3.63) is 41.0 Å². The number of benzene rings is 2. The molecular weight excluding hydrogens is 340 g/mol. The summed E-state index contributed by atoms with van der Waals surface area (Å²) in [5.41, 5.74) is -0.298. The predicted octanol–water partition coefficient (Wildman–Crippen LogP) is 3.27. The first-order valence-electron chi connectivity index (χ1n) is 7.77. The number of hydrogen-bond acceptors (Lipinski definition) is 7. The van der Waals surface area contributed by atoms with E-state index in [-0.39, 0.29) is 28.4 Å². The second-order valence-electron chi connectivity index (χ2n) is 6.97. The molecule has 0 bridgehead atoms. The largest absolute Gasteiger partial charge is 0.504 e. The van der Waals surface area contributed by atoms with Crippen molar-refractivity contribution in [2.45, 2.75) is 27.7 Å². The van der Waals surface area contributed by atoms with Crippen LogP contribution in [0.4, 0.5) is 0 Å². The number of aryl methyl sites for hydroxylation is 1. The van der Waals surface area contributed by atoms with Crippen molar-refractivity contribution < 1.29 is 34.8 Å². The minimum absolute atomic E-state index is 0.196. The Morgan fingerprint density at radius 2 is 1.38 bits per heavy atom. The van der Waals surface area contributed by atoms with Gasteiger partial charge in [0.25, 0.3) is 0 Å². The zero-order valence-electron chi connectivity index (χ0n) is 14.8. The number of rotatable bonds is 3. The summed E-state index contributed by atoms with van der Waals surface area (Å²) < 4.78 is 5.12. The van der Waals surface area contributed by atoms with E-state index in [2.05, 4.69) is 0 Å². The Bertz CT molecular complexity index is 868. The van der Waals surface area contributed by atoms with Gasteiger partial charge in [-0.25, -0.2) is 4.79 Å². The third-order valence-corrected chi connectivity index (χ3v) is 3.72. The molecule has 0 fully saturated rings. The normalized spacial score (nSPS) is 11.2. The summed E-state index contributed by atoms with van der Waals surface area (Å²) in [5, 5.41) is 38.4. The predicted molar refractivity (Wildman–Crippen MR) is 93.0 cm³/mol. The van der Waals surface area contributed by atoms with Gasteiger partial charge in [-0.2, -0.15) is 0 Å². The van der Waals surface area contributed by atoms with Crippen LogP contribution < -0.4 is 4.74 Å². The monoisotopic (exact) mass is 360 g/mol. The van der Waals surface area contributed by atoms with Crippen molar-refractivity contribution in [3.63, 3.8) is 0 Å². The molecule has 0 aromatic heterocycles. The van der Waals surface area contributed by atoms with Gasteiger partial charge < -0.3 is 25.2 Å². The Kier molecular flexibility index (Phi) is 4.84.